The fraction of sp³-hybridized carbons (Fsp3) is 0.696. The minimum absolute atomic E-state index is 0.0336. The highest BCUT2D eigenvalue weighted by Gasteiger charge is 2.49. The molecule has 35 heavy (non-hydrogen) atoms. The van der Waals surface area contributed by atoms with Gasteiger partial charge in [-0.15, -0.1) is 0 Å². The predicted octanol–water partition coefficient (Wildman–Crippen LogP) is 6.15. The van der Waals surface area contributed by atoms with Gasteiger partial charge in [-0.3, -0.25) is 4.79 Å². The number of carbonyl (C=O) groups excluding carboxylic acids is 1. The van der Waals surface area contributed by atoms with Crippen LogP contribution in [0.3, 0.4) is 0 Å². The number of halogens is 3. The van der Waals surface area contributed by atoms with Gasteiger partial charge in [0.15, 0.2) is 19.8 Å². The van der Waals surface area contributed by atoms with Crippen LogP contribution >= 0.6 is 0 Å². The molecule has 1 aromatic carbocycles. The maximum absolute atomic E-state index is 12.9. The molecule has 0 aliphatic heterocycles. The standard InChI is InChI=1S/C23H37F3O7SSi/c1-21(2,3)32-20(27)13-11-17(15-31-35(8,9)22(4,5)6)16-10-12-18(30-7)19(14-16)33-34(28,29)23(24,25)26/h10,12,14,17H,11,13,15H2,1-9H3/t17-/m1/s1. The van der Waals surface area contributed by atoms with Gasteiger partial charge in [0.25, 0.3) is 0 Å². The Morgan fingerprint density at radius 2 is 1.60 bits per heavy atom. The third-order valence-electron chi connectivity index (χ3n) is 5.71. The number of rotatable bonds is 10. The van der Waals surface area contributed by atoms with Crippen LogP contribution in [0.4, 0.5) is 13.2 Å². The lowest BCUT2D eigenvalue weighted by Crippen LogP contribution is -2.41. The first kappa shape index (κ1) is 31.2. The van der Waals surface area contributed by atoms with Crippen LogP contribution < -0.4 is 8.92 Å². The van der Waals surface area contributed by atoms with Crippen molar-refractivity contribution in [3.63, 3.8) is 0 Å². The molecule has 0 spiro atoms. The highest BCUT2D eigenvalue weighted by molar-refractivity contribution is 7.88. The number of carbonyl (C=O) groups is 1. The normalized spacial score (nSPS) is 14.4. The molecule has 1 aromatic rings. The number of hydrogen-bond acceptors (Lipinski definition) is 7. The molecular formula is C23H37F3O7SSi. The largest absolute Gasteiger partial charge is 0.534 e. The van der Waals surface area contributed by atoms with Crippen LogP contribution in [-0.2, 0) is 24.1 Å². The Morgan fingerprint density at radius 3 is 2.06 bits per heavy atom. The summed E-state index contributed by atoms with van der Waals surface area (Å²) in [5.41, 5.74) is -5.83. The monoisotopic (exact) mass is 542 g/mol. The van der Waals surface area contributed by atoms with Gasteiger partial charge in [-0.1, -0.05) is 26.8 Å². The minimum atomic E-state index is -5.91. The van der Waals surface area contributed by atoms with Gasteiger partial charge in [0.1, 0.15) is 5.60 Å². The van der Waals surface area contributed by atoms with E-state index in [1.165, 1.54) is 19.2 Å². The molecule has 0 aromatic heterocycles. The molecule has 0 bridgehead atoms. The summed E-state index contributed by atoms with van der Waals surface area (Å²) in [7, 11) is -6.93. The van der Waals surface area contributed by atoms with E-state index >= 15 is 0 Å². The Hall–Kier alpha value is -1.79. The maximum Gasteiger partial charge on any atom is 0.534 e. The van der Waals surface area contributed by atoms with Crippen LogP contribution in [0.5, 0.6) is 11.5 Å². The van der Waals surface area contributed by atoms with Gasteiger partial charge in [0.2, 0.25) is 0 Å². The molecular weight excluding hydrogens is 505 g/mol. The molecule has 0 saturated carbocycles. The van der Waals surface area contributed by atoms with Crippen molar-refractivity contribution in [3.8, 4) is 11.5 Å². The van der Waals surface area contributed by atoms with E-state index < -0.39 is 47.2 Å². The summed E-state index contributed by atoms with van der Waals surface area (Å²) in [6, 6.07) is 4.08. The van der Waals surface area contributed by atoms with Crippen LogP contribution in [0.2, 0.25) is 18.1 Å². The fourth-order valence-electron chi connectivity index (χ4n) is 2.73. The summed E-state index contributed by atoms with van der Waals surface area (Å²) in [4.78, 5) is 12.3. The summed E-state index contributed by atoms with van der Waals surface area (Å²) in [5, 5.41) is -0.0995. The second-order valence-corrected chi connectivity index (χ2v) is 17.1. The Kier molecular flexibility index (Phi) is 9.89. The number of methoxy groups -OCH3 is 1. The lowest BCUT2D eigenvalue weighted by atomic mass is 9.94. The average Bonchev–Trinajstić information content (AvgIpc) is 2.64. The highest BCUT2D eigenvalue weighted by Crippen LogP contribution is 2.39. The van der Waals surface area contributed by atoms with Gasteiger partial charge in [-0.25, -0.2) is 0 Å². The van der Waals surface area contributed by atoms with Crippen LogP contribution in [0.25, 0.3) is 0 Å². The Morgan fingerprint density at radius 1 is 1.03 bits per heavy atom. The number of alkyl halides is 3. The van der Waals surface area contributed by atoms with Gasteiger partial charge >= 0.3 is 21.6 Å². The Labute approximate surface area is 207 Å². The van der Waals surface area contributed by atoms with Gasteiger partial charge in [0.05, 0.1) is 7.11 Å². The van der Waals surface area contributed by atoms with E-state index in [9.17, 15) is 26.4 Å². The van der Waals surface area contributed by atoms with E-state index in [-0.39, 0.29) is 30.2 Å². The van der Waals surface area contributed by atoms with E-state index in [0.29, 0.717) is 5.56 Å². The molecule has 0 aliphatic rings. The van der Waals surface area contributed by atoms with E-state index in [1.54, 1.807) is 26.8 Å². The number of hydrogen-bond donors (Lipinski definition) is 0. The summed E-state index contributed by atoms with van der Waals surface area (Å²) in [5.74, 6) is -1.66. The average molecular weight is 543 g/mol. The molecule has 0 unspecified atom stereocenters. The van der Waals surface area contributed by atoms with Crippen molar-refractivity contribution in [2.24, 2.45) is 0 Å². The summed E-state index contributed by atoms with van der Waals surface area (Å²) in [6.45, 7) is 15.7. The molecule has 0 radical (unpaired) electrons. The van der Waals surface area contributed by atoms with Crippen molar-refractivity contribution in [3.05, 3.63) is 23.8 Å². The summed E-state index contributed by atoms with van der Waals surface area (Å²) < 4.78 is 83.0. The van der Waals surface area contributed by atoms with Gasteiger partial charge in [-0.05, 0) is 63.0 Å². The van der Waals surface area contributed by atoms with Crippen molar-refractivity contribution in [2.45, 2.75) is 89.5 Å². The fourth-order valence-corrected chi connectivity index (χ4v) is 4.25. The molecule has 0 fully saturated rings. The maximum atomic E-state index is 12.9. The second kappa shape index (κ2) is 11.1. The molecule has 12 heteroatoms. The second-order valence-electron chi connectivity index (χ2n) is 10.8. The van der Waals surface area contributed by atoms with Gasteiger partial charge < -0.3 is 18.1 Å². The van der Waals surface area contributed by atoms with Gasteiger partial charge in [0, 0.05) is 18.9 Å². The zero-order valence-corrected chi connectivity index (χ0v) is 23.6. The quantitative estimate of drug-likeness (QED) is 0.152. The van der Waals surface area contributed by atoms with Gasteiger partial charge in [-0.2, -0.15) is 21.6 Å². The third kappa shape index (κ3) is 9.30. The molecule has 0 saturated heterocycles. The SMILES string of the molecule is COc1ccc([C@H](CCC(=O)OC(C)(C)C)CO[Si](C)(C)C(C)(C)C)cc1OS(=O)(=O)C(F)(F)F. The van der Waals surface area contributed by atoms with Crippen molar-refractivity contribution < 1.29 is 44.5 Å². The molecule has 1 atom stereocenters. The van der Waals surface area contributed by atoms with Crippen LogP contribution in [0, 0.1) is 0 Å². The minimum Gasteiger partial charge on any atom is -0.493 e. The first-order valence-electron chi connectivity index (χ1n) is 11.1. The smallest absolute Gasteiger partial charge is 0.493 e. The van der Waals surface area contributed by atoms with Crippen LogP contribution in [0.1, 0.15) is 65.9 Å². The first-order valence-corrected chi connectivity index (χ1v) is 15.5. The van der Waals surface area contributed by atoms with Crippen LogP contribution in [0.15, 0.2) is 18.2 Å². The van der Waals surface area contributed by atoms with Crippen molar-refractivity contribution in [1.82, 2.24) is 0 Å². The third-order valence-corrected chi connectivity index (χ3v) is 11.2. The van der Waals surface area contributed by atoms with Crippen molar-refractivity contribution in [1.29, 1.82) is 0 Å². The predicted molar refractivity (Wildman–Crippen MR) is 130 cm³/mol. The molecule has 0 amide bonds. The number of ether oxygens (including phenoxy) is 2. The number of benzene rings is 1. The highest BCUT2D eigenvalue weighted by atomic mass is 32.2. The summed E-state index contributed by atoms with van der Waals surface area (Å²) in [6.07, 6.45) is 0.299. The zero-order valence-electron chi connectivity index (χ0n) is 21.8. The molecule has 0 heterocycles. The molecule has 1 rings (SSSR count). The zero-order chi connectivity index (χ0) is 27.5. The Balaban J connectivity index is 3.33. The Bertz CT molecular complexity index is 978. The lowest BCUT2D eigenvalue weighted by Gasteiger charge is -2.37. The van der Waals surface area contributed by atoms with E-state index in [4.69, 9.17) is 13.9 Å². The molecule has 7 nitrogen and oxygen atoms in total. The summed E-state index contributed by atoms with van der Waals surface area (Å²) >= 11 is 0. The first-order chi connectivity index (χ1) is 15.6. The molecule has 0 N–H and O–H groups in total. The number of esters is 1. The van der Waals surface area contributed by atoms with Crippen molar-refractivity contribution >= 4 is 24.4 Å². The molecule has 202 valence electrons. The van der Waals surface area contributed by atoms with E-state index in [0.717, 1.165) is 0 Å². The van der Waals surface area contributed by atoms with Crippen LogP contribution in [-0.4, -0.2) is 47.5 Å². The van der Waals surface area contributed by atoms with E-state index in [1.807, 2.05) is 0 Å². The topological polar surface area (TPSA) is 88.1 Å². The molecule has 0 aliphatic carbocycles. The lowest BCUT2D eigenvalue weighted by molar-refractivity contribution is -0.155. The van der Waals surface area contributed by atoms with Crippen molar-refractivity contribution in [2.75, 3.05) is 13.7 Å². The van der Waals surface area contributed by atoms with E-state index in [2.05, 4.69) is 38.0 Å².